The summed E-state index contributed by atoms with van der Waals surface area (Å²) in [5, 5.41) is 0. The van der Waals surface area contributed by atoms with Crippen LogP contribution in [0.15, 0.2) is 65.6 Å². The van der Waals surface area contributed by atoms with E-state index in [1.54, 1.807) is 21.6 Å². The number of aromatic nitrogens is 1. The quantitative estimate of drug-likeness (QED) is 0.652. The van der Waals surface area contributed by atoms with Crippen molar-refractivity contribution >= 4 is 5.91 Å². The SMILES string of the molecule is COc1cccc(F)c1C(=O)N1CCc2cc(=O)n(CCc3ccccc3)cc2C1. The minimum Gasteiger partial charge on any atom is -0.496 e. The van der Waals surface area contributed by atoms with Crippen molar-refractivity contribution in [1.82, 2.24) is 9.47 Å². The van der Waals surface area contributed by atoms with Crippen molar-refractivity contribution in [1.29, 1.82) is 0 Å². The van der Waals surface area contributed by atoms with Gasteiger partial charge < -0.3 is 14.2 Å². The molecule has 3 aromatic rings. The second-order valence-electron chi connectivity index (χ2n) is 7.38. The molecule has 0 saturated carbocycles. The van der Waals surface area contributed by atoms with Crippen molar-refractivity contribution in [3.05, 3.63) is 99.2 Å². The molecule has 0 fully saturated rings. The predicted octanol–water partition coefficient (Wildman–Crippen LogP) is 3.44. The van der Waals surface area contributed by atoms with Crippen molar-refractivity contribution in [2.45, 2.75) is 25.9 Å². The highest BCUT2D eigenvalue weighted by atomic mass is 19.1. The summed E-state index contributed by atoms with van der Waals surface area (Å²) in [6.07, 6.45) is 3.14. The smallest absolute Gasteiger partial charge is 0.260 e. The molecule has 0 unspecified atom stereocenters. The molecule has 0 aliphatic carbocycles. The summed E-state index contributed by atoms with van der Waals surface area (Å²) in [5.74, 6) is -0.783. The van der Waals surface area contributed by atoms with Crippen LogP contribution in [0.4, 0.5) is 4.39 Å². The molecule has 1 aromatic heterocycles. The lowest BCUT2D eigenvalue weighted by Crippen LogP contribution is -2.38. The van der Waals surface area contributed by atoms with Gasteiger partial charge in [-0.25, -0.2) is 4.39 Å². The third-order valence-corrected chi connectivity index (χ3v) is 5.50. The molecule has 1 aliphatic heterocycles. The third-order valence-electron chi connectivity index (χ3n) is 5.50. The number of halogens is 1. The fraction of sp³-hybridized carbons (Fsp3) is 0.250. The maximum atomic E-state index is 14.3. The van der Waals surface area contributed by atoms with E-state index in [4.69, 9.17) is 4.74 Å². The van der Waals surface area contributed by atoms with Gasteiger partial charge in [0.2, 0.25) is 0 Å². The first-order valence-corrected chi connectivity index (χ1v) is 9.95. The standard InChI is InChI=1S/C24H23FN2O3/c1-30-21-9-5-8-20(25)23(21)24(29)27-13-11-18-14-22(28)26(15-19(18)16-27)12-10-17-6-3-2-4-7-17/h2-9,14-15H,10-13,16H2,1H3. The molecule has 5 nitrogen and oxygen atoms in total. The van der Waals surface area contributed by atoms with E-state index < -0.39 is 11.7 Å². The lowest BCUT2D eigenvalue weighted by atomic mass is 10.0. The lowest BCUT2D eigenvalue weighted by Gasteiger charge is -2.29. The van der Waals surface area contributed by atoms with E-state index in [9.17, 15) is 14.0 Å². The van der Waals surface area contributed by atoms with Gasteiger partial charge in [0.25, 0.3) is 11.5 Å². The average Bonchev–Trinajstić information content (AvgIpc) is 2.77. The van der Waals surface area contributed by atoms with Crippen LogP contribution in [0.5, 0.6) is 5.75 Å². The van der Waals surface area contributed by atoms with E-state index in [1.807, 2.05) is 36.5 Å². The zero-order valence-electron chi connectivity index (χ0n) is 16.8. The number of carbonyl (C=O) groups is 1. The van der Waals surface area contributed by atoms with Crippen LogP contribution in [0, 0.1) is 5.82 Å². The number of hydrogen-bond donors (Lipinski definition) is 0. The van der Waals surface area contributed by atoms with Crippen LogP contribution in [-0.2, 0) is 25.9 Å². The van der Waals surface area contributed by atoms with Crippen LogP contribution >= 0.6 is 0 Å². The van der Waals surface area contributed by atoms with Crippen molar-refractivity contribution in [3.8, 4) is 5.75 Å². The zero-order chi connectivity index (χ0) is 21.1. The van der Waals surface area contributed by atoms with Gasteiger partial charge in [-0.15, -0.1) is 0 Å². The fourth-order valence-corrected chi connectivity index (χ4v) is 3.86. The number of rotatable bonds is 5. The molecular weight excluding hydrogens is 383 g/mol. The number of benzene rings is 2. The van der Waals surface area contributed by atoms with Gasteiger partial charge in [-0.3, -0.25) is 9.59 Å². The van der Waals surface area contributed by atoms with Crippen molar-refractivity contribution < 1.29 is 13.9 Å². The van der Waals surface area contributed by atoms with Crippen LogP contribution in [-0.4, -0.2) is 29.0 Å². The first kappa shape index (κ1) is 19.9. The van der Waals surface area contributed by atoms with Gasteiger partial charge in [-0.2, -0.15) is 0 Å². The molecule has 0 N–H and O–H groups in total. The zero-order valence-corrected chi connectivity index (χ0v) is 16.8. The fourth-order valence-electron chi connectivity index (χ4n) is 3.86. The lowest BCUT2D eigenvalue weighted by molar-refractivity contribution is 0.0725. The molecule has 6 heteroatoms. The molecule has 2 aromatic carbocycles. The number of nitrogens with zero attached hydrogens (tertiary/aromatic N) is 2. The molecule has 2 heterocycles. The summed E-state index contributed by atoms with van der Waals surface area (Å²) in [4.78, 5) is 27.1. The number of ether oxygens (including phenoxy) is 1. The van der Waals surface area contributed by atoms with Gasteiger partial charge in [0.15, 0.2) is 0 Å². The second-order valence-corrected chi connectivity index (χ2v) is 7.38. The highest BCUT2D eigenvalue weighted by Gasteiger charge is 2.27. The van der Waals surface area contributed by atoms with Gasteiger partial charge >= 0.3 is 0 Å². The summed E-state index contributed by atoms with van der Waals surface area (Å²) >= 11 is 0. The monoisotopic (exact) mass is 406 g/mol. The van der Waals surface area contributed by atoms with E-state index in [1.165, 1.54) is 19.2 Å². The Balaban J connectivity index is 1.56. The van der Waals surface area contributed by atoms with Crippen LogP contribution in [0.3, 0.4) is 0 Å². The summed E-state index contributed by atoms with van der Waals surface area (Å²) in [6.45, 7) is 1.32. The first-order chi connectivity index (χ1) is 14.6. The highest BCUT2D eigenvalue weighted by Crippen LogP contribution is 2.26. The van der Waals surface area contributed by atoms with Gasteiger partial charge in [-0.1, -0.05) is 36.4 Å². The Morgan fingerprint density at radius 2 is 1.90 bits per heavy atom. The minimum atomic E-state index is -0.599. The van der Waals surface area contributed by atoms with Crippen LogP contribution in [0.1, 0.15) is 27.0 Å². The van der Waals surface area contributed by atoms with Crippen LogP contribution in [0.25, 0.3) is 0 Å². The first-order valence-electron chi connectivity index (χ1n) is 9.95. The minimum absolute atomic E-state index is 0.0415. The Kier molecular flexibility index (Phi) is 5.65. The maximum Gasteiger partial charge on any atom is 0.260 e. The van der Waals surface area contributed by atoms with E-state index in [2.05, 4.69) is 0 Å². The number of amides is 1. The Morgan fingerprint density at radius 1 is 1.10 bits per heavy atom. The molecule has 154 valence electrons. The van der Waals surface area contributed by atoms with E-state index in [0.717, 1.165) is 23.1 Å². The normalized spacial score (nSPS) is 13.1. The third kappa shape index (κ3) is 3.99. The molecule has 1 aliphatic rings. The van der Waals surface area contributed by atoms with Crippen LogP contribution in [0.2, 0.25) is 0 Å². The Hall–Kier alpha value is -3.41. The topological polar surface area (TPSA) is 51.5 Å². The largest absolute Gasteiger partial charge is 0.496 e. The number of carbonyl (C=O) groups excluding carboxylic acids is 1. The summed E-state index contributed by atoms with van der Waals surface area (Å²) < 4.78 is 21.2. The summed E-state index contributed by atoms with van der Waals surface area (Å²) in [6, 6.07) is 16.0. The summed E-state index contributed by atoms with van der Waals surface area (Å²) in [5.41, 5.74) is 2.92. The molecule has 0 spiro atoms. The number of pyridine rings is 1. The second kappa shape index (κ2) is 8.53. The van der Waals surface area contributed by atoms with E-state index >= 15 is 0 Å². The van der Waals surface area contributed by atoms with Crippen LogP contribution < -0.4 is 10.3 Å². The predicted molar refractivity (Wildman–Crippen MR) is 112 cm³/mol. The molecular formula is C24H23FN2O3. The van der Waals surface area contributed by atoms with E-state index in [0.29, 0.717) is 26.1 Å². The molecule has 0 radical (unpaired) electrons. The summed E-state index contributed by atoms with van der Waals surface area (Å²) in [7, 11) is 1.42. The van der Waals surface area contributed by atoms with E-state index in [-0.39, 0.29) is 16.9 Å². The van der Waals surface area contributed by atoms with Gasteiger partial charge in [0.05, 0.1) is 7.11 Å². The van der Waals surface area contributed by atoms with Crippen molar-refractivity contribution in [3.63, 3.8) is 0 Å². The number of hydrogen-bond acceptors (Lipinski definition) is 3. The molecule has 1 amide bonds. The number of methoxy groups -OCH3 is 1. The number of fused-ring (bicyclic) bond motifs is 1. The molecule has 0 atom stereocenters. The molecule has 0 bridgehead atoms. The molecule has 0 saturated heterocycles. The Morgan fingerprint density at radius 3 is 2.67 bits per heavy atom. The molecule has 30 heavy (non-hydrogen) atoms. The highest BCUT2D eigenvalue weighted by molar-refractivity contribution is 5.97. The van der Waals surface area contributed by atoms with Crippen molar-refractivity contribution in [2.24, 2.45) is 0 Å². The Bertz CT molecular complexity index is 1130. The molecule has 4 rings (SSSR count). The Labute approximate surface area is 174 Å². The van der Waals surface area contributed by atoms with Gasteiger partial charge in [-0.05, 0) is 41.7 Å². The maximum absolute atomic E-state index is 14.3. The van der Waals surface area contributed by atoms with Gasteiger partial charge in [0.1, 0.15) is 17.1 Å². The van der Waals surface area contributed by atoms with Gasteiger partial charge in [0, 0.05) is 31.9 Å². The number of aryl methyl sites for hydroxylation is 2. The average molecular weight is 406 g/mol. The van der Waals surface area contributed by atoms with Crippen molar-refractivity contribution in [2.75, 3.05) is 13.7 Å².